The van der Waals surface area contributed by atoms with E-state index in [0.717, 1.165) is 11.1 Å². The summed E-state index contributed by atoms with van der Waals surface area (Å²) in [5.41, 5.74) is 2.03. The quantitative estimate of drug-likeness (QED) is 0.565. The summed E-state index contributed by atoms with van der Waals surface area (Å²) in [5, 5.41) is 7.53. The van der Waals surface area contributed by atoms with Gasteiger partial charge >= 0.3 is 0 Å². The van der Waals surface area contributed by atoms with Gasteiger partial charge in [0.25, 0.3) is 5.91 Å². The summed E-state index contributed by atoms with van der Waals surface area (Å²) in [6.07, 6.45) is 0. The fourth-order valence-electron chi connectivity index (χ4n) is 2.80. The number of nitrogens with zero attached hydrogens (tertiary/aromatic N) is 3. The van der Waals surface area contributed by atoms with Crippen molar-refractivity contribution in [3.05, 3.63) is 102 Å². The summed E-state index contributed by atoms with van der Waals surface area (Å²) in [4.78, 5) is 17.4. The molecule has 0 amide bonds. The van der Waals surface area contributed by atoms with Gasteiger partial charge in [0.05, 0.1) is 0 Å². The van der Waals surface area contributed by atoms with Gasteiger partial charge in [0, 0.05) is 17.7 Å². The maximum atomic E-state index is 13.6. The molecule has 0 saturated carbocycles. The van der Waals surface area contributed by atoms with Crippen molar-refractivity contribution in [1.29, 1.82) is 0 Å². The fourth-order valence-corrected chi connectivity index (χ4v) is 2.80. The highest BCUT2D eigenvalue weighted by atomic mass is 19.1. The number of benzene rings is 3. The van der Waals surface area contributed by atoms with Crippen molar-refractivity contribution in [2.75, 3.05) is 5.32 Å². The third kappa shape index (κ3) is 3.81. The Labute approximate surface area is 161 Å². The molecule has 0 saturated heterocycles. The van der Waals surface area contributed by atoms with Gasteiger partial charge in [0.15, 0.2) is 5.82 Å². The van der Waals surface area contributed by atoms with E-state index < -0.39 is 11.7 Å². The first-order valence-electron chi connectivity index (χ1n) is 8.81. The second-order valence-corrected chi connectivity index (χ2v) is 6.19. The summed E-state index contributed by atoms with van der Waals surface area (Å²) in [6.45, 7) is 0.476. The van der Waals surface area contributed by atoms with Crippen LogP contribution in [0.3, 0.4) is 0 Å². The number of carbonyl (C=O) groups excluding carboxylic acids is 1. The van der Waals surface area contributed by atoms with Crippen molar-refractivity contribution < 1.29 is 9.18 Å². The summed E-state index contributed by atoms with van der Waals surface area (Å²) in [7, 11) is 0. The molecule has 5 nitrogen and oxygen atoms in total. The first-order valence-corrected chi connectivity index (χ1v) is 8.81. The van der Waals surface area contributed by atoms with E-state index in [1.54, 1.807) is 6.07 Å². The molecule has 0 bridgehead atoms. The van der Waals surface area contributed by atoms with E-state index in [4.69, 9.17) is 0 Å². The van der Waals surface area contributed by atoms with E-state index in [2.05, 4.69) is 15.4 Å². The SMILES string of the molecule is O=C(c1cccc(F)c1)n1nc(-c2ccccc2)nc1NCc1ccccc1. The smallest absolute Gasteiger partial charge is 0.281 e. The molecule has 0 aliphatic carbocycles. The molecule has 1 heterocycles. The number of rotatable bonds is 5. The highest BCUT2D eigenvalue weighted by Crippen LogP contribution is 2.19. The van der Waals surface area contributed by atoms with Crippen LogP contribution in [0.2, 0.25) is 0 Å². The Balaban J connectivity index is 1.70. The van der Waals surface area contributed by atoms with Crippen LogP contribution in [-0.2, 0) is 6.54 Å². The van der Waals surface area contributed by atoms with Crippen molar-refractivity contribution in [1.82, 2.24) is 14.8 Å². The topological polar surface area (TPSA) is 59.8 Å². The Morgan fingerprint density at radius 1 is 0.929 bits per heavy atom. The molecule has 28 heavy (non-hydrogen) atoms. The minimum Gasteiger partial charge on any atom is -0.350 e. The van der Waals surface area contributed by atoms with Crippen molar-refractivity contribution in [2.45, 2.75) is 6.54 Å². The van der Waals surface area contributed by atoms with Crippen LogP contribution in [0.4, 0.5) is 10.3 Å². The van der Waals surface area contributed by atoms with Crippen molar-refractivity contribution in [3.63, 3.8) is 0 Å². The highest BCUT2D eigenvalue weighted by Gasteiger charge is 2.19. The summed E-state index contributed by atoms with van der Waals surface area (Å²) in [5.74, 6) is -0.212. The zero-order valence-corrected chi connectivity index (χ0v) is 14.9. The molecule has 0 radical (unpaired) electrons. The number of carbonyl (C=O) groups is 1. The van der Waals surface area contributed by atoms with E-state index in [1.807, 2.05) is 60.7 Å². The lowest BCUT2D eigenvalue weighted by Crippen LogP contribution is -2.17. The van der Waals surface area contributed by atoms with Crippen molar-refractivity contribution >= 4 is 11.9 Å². The standard InChI is InChI=1S/C22H17FN4O/c23-19-13-7-12-18(14-19)21(28)27-22(24-15-16-8-3-1-4-9-16)25-20(26-27)17-10-5-2-6-11-17/h1-14H,15H2,(H,24,25,26). The van der Waals surface area contributed by atoms with E-state index >= 15 is 0 Å². The molecular formula is C22H17FN4O. The molecule has 6 heteroatoms. The Morgan fingerprint density at radius 3 is 2.36 bits per heavy atom. The van der Waals surface area contributed by atoms with Crippen LogP contribution in [0, 0.1) is 5.82 Å². The largest absolute Gasteiger partial charge is 0.350 e. The van der Waals surface area contributed by atoms with Crippen molar-refractivity contribution in [3.8, 4) is 11.4 Å². The zero-order chi connectivity index (χ0) is 19.3. The Kier molecular flexibility index (Phi) is 4.93. The van der Waals surface area contributed by atoms with Crippen molar-refractivity contribution in [2.24, 2.45) is 0 Å². The molecule has 0 aliphatic heterocycles. The molecule has 1 aromatic heterocycles. The molecule has 1 N–H and O–H groups in total. The van der Waals surface area contributed by atoms with Crippen LogP contribution < -0.4 is 5.32 Å². The van der Waals surface area contributed by atoms with E-state index in [1.165, 1.54) is 22.9 Å². The van der Waals surface area contributed by atoms with E-state index in [9.17, 15) is 9.18 Å². The van der Waals surface area contributed by atoms with Crippen LogP contribution in [0.15, 0.2) is 84.9 Å². The number of aromatic nitrogens is 3. The maximum Gasteiger partial charge on any atom is 0.281 e. The lowest BCUT2D eigenvalue weighted by atomic mass is 10.2. The Hall–Kier alpha value is -3.80. The van der Waals surface area contributed by atoms with Gasteiger partial charge in [0.1, 0.15) is 5.82 Å². The van der Waals surface area contributed by atoms with Crippen LogP contribution in [0.5, 0.6) is 0 Å². The predicted octanol–water partition coefficient (Wildman–Crippen LogP) is 4.38. The van der Waals surface area contributed by atoms with Gasteiger partial charge in [-0.25, -0.2) is 4.39 Å². The molecular weight excluding hydrogens is 355 g/mol. The second-order valence-electron chi connectivity index (χ2n) is 6.19. The third-order valence-electron chi connectivity index (χ3n) is 4.20. The van der Waals surface area contributed by atoms with Gasteiger partial charge in [-0.1, -0.05) is 66.7 Å². The Bertz CT molecular complexity index is 1090. The van der Waals surface area contributed by atoms with Gasteiger partial charge in [-0.2, -0.15) is 9.67 Å². The molecule has 0 spiro atoms. The number of anilines is 1. The first kappa shape index (κ1) is 17.6. The van der Waals surface area contributed by atoms with Gasteiger partial charge in [0.2, 0.25) is 5.95 Å². The summed E-state index contributed by atoms with van der Waals surface area (Å²) in [6, 6.07) is 24.7. The number of hydrogen-bond donors (Lipinski definition) is 1. The van der Waals surface area contributed by atoms with Crippen LogP contribution in [-0.4, -0.2) is 20.7 Å². The number of nitrogens with one attached hydrogen (secondary N) is 1. The molecule has 0 aliphatic rings. The zero-order valence-electron chi connectivity index (χ0n) is 14.9. The van der Waals surface area contributed by atoms with Gasteiger partial charge in [-0.3, -0.25) is 4.79 Å². The highest BCUT2D eigenvalue weighted by molar-refractivity contribution is 5.97. The normalized spacial score (nSPS) is 10.6. The Morgan fingerprint density at radius 2 is 1.64 bits per heavy atom. The molecule has 3 aromatic carbocycles. The lowest BCUT2D eigenvalue weighted by molar-refractivity contribution is 0.0947. The molecule has 4 rings (SSSR count). The van der Waals surface area contributed by atoms with Gasteiger partial charge in [-0.15, -0.1) is 5.10 Å². The number of hydrogen-bond acceptors (Lipinski definition) is 4. The average molecular weight is 372 g/mol. The van der Waals surface area contributed by atoms with Crippen LogP contribution in [0.25, 0.3) is 11.4 Å². The molecule has 4 aromatic rings. The van der Waals surface area contributed by atoms with Crippen LogP contribution >= 0.6 is 0 Å². The molecule has 0 atom stereocenters. The average Bonchev–Trinajstić information content (AvgIpc) is 3.17. The fraction of sp³-hybridized carbons (Fsp3) is 0.0455. The third-order valence-corrected chi connectivity index (χ3v) is 4.20. The maximum absolute atomic E-state index is 13.6. The minimum absolute atomic E-state index is 0.201. The minimum atomic E-state index is -0.479. The van der Waals surface area contributed by atoms with Gasteiger partial charge < -0.3 is 5.32 Å². The van der Waals surface area contributed by atoms with E-state index in [-0.39, 0.29) is 5.56 Å². The monoisotopic (exact) mass is 372 g/mol. The summed E-state index contributed by atoms with van der Waals surface area (Å²) >= 11 is 0. The molecule has 0 fully saturated rings. The predicted molar refractivity (Wildman–Crippen MR) is 105 cm³/mol. The molecule has 138 valence electrons. The van der Waals surface area contributed by atoms with E-state index in [0.29, 0.717) is 18.3 Å². The number of halogens is 1. The summed E-state index contributed by atoms with van der Waals surface area (Å²) < 4.78 is 14.8. The first-order chi connectivity index (χ1) is 13.7. The van der Waals surface area contributed by atoms with Gasteiger partial charge in [-0.05, 0) is 23.8 Å². The van der Waals surface area contributed by atoms with Crippen LogP contribution in [0.1, 0.15) is 15.9 Å². The second kappa shape index (κ2) is 7.84. The molecule has 0 unspecified atom stereocenters. The lowest BCUT2D eigenvalue weighted by Gasteiger charge is -2.07.